The summed E-state index contributed by atoms with van der Waals surface area (Å²) < 4.78 is 5.39. The molecule has 5 heteroatoms. The summed E-state index contributed by atoms with van der Waals surface area (Å²) in [7, 11) is 0. The normalized spacial score (nSPS) is 27.9. The maximum Gasteiger partial charge on any atom is 0.221 e. The molecule has 1 amide bonds. The van der Waals surface area contributed by atoms with E-state index in [9.17, 15) is 9.90 Å². The van der Waals surface area contributed by atoms with Crippen molar-refractivity contribution in [3.05, 3.63) is 23.5 Å². The van der Waals surface area contributed by atoms with Gasteiger partial charge in [-0.1, -0.05) is 0 Å². The van der Waals surface area contributed by atoms with Crippen LogP contribution in [-0.4, -0.2) is 41.4 Å². The molecule has 0 spiro atoms. The quantitative estimate of drug-likeness (QED) is 0.812. The highest BCUT2D eigenvalue weighted by molar-refractivity contribution is 5.75. The van der Waals surface area contributed by atoms with Gasteiger partial charge in [-0.3, -0.25) is 4.79 Å². The summed E-state index contributed by atoms with van der Waals surface area (Å²) in [6, 6.07) is 0.282. The van der Waals surface area contributed by atoms with E-state index in [2.05, 4.69) is 11.5 Å². The van der Waals surface area contributed by atoms with Crippen LogP contribution in [0.1, 0.15) is 32.6 Å². The monoisotopic (exact) mass is 278 g/mol. The molecule has 1 atom stereocenters. The Kier molecular flexibility index (Phi) is 3.81. The highest BCUT2D eigenvalue weighted by atomic mass is 16.5. The van der Waals surface area contributed by atoms with Crippen molar-refractivity contribution in [2.45, 2.75) is 44.9 Å². The number of carbonyl (C=O) groups excluding carboxylic acids is 1. The average Bonchev–Trinajstić information content (AvgIpc) is 3.26. The first-order valence-electron chi connectivity index (χ1n) is 7.39. The van der Waals surface area contributed by atoms with E-state index >= 15 is 0 Å². The Bertz CT molecular complexity index is 448. The second-order valence-electron chi connectivity index (χ2n) is 5.85. The standard InChI is InChI=1S/C15H22N2O3/c1-10(18)16-14-8-12(11-2-3-11)9-17(15(14)19)13-4-6-20-7-5-13/h8-9,11,13,15,19H,2-7H2,1H3,(H,16,18). The molecule has 0 radical (unpaired) electrons. The maximum atomic E-state index is 11.3. The number of rotatable bonds is 3. The molecule has 1 unspecified atom stereocenters. The molecule has 3 aliphatic rings. The predicted molar refractivity (Wildman–Crippen MR) is 74.4 cm³/mol. The highest BCUT2D eigenvalue weighted by Gasteiger charge is 2.34. The van der Waals surface area contributed by atoms with Gasteiger partial charge in [0.15, 0.2) is 6.23 Å². The average molecular weight is 278 g/mol. The summed E-state index contributed by atoms with van der Waals surface area (Å²) in [4.78, 5) is 13.3. The third-order valence-corrected chi connectivity index (χ3v) is 4.16. The molecule has 0 bridgehead atoms. The molecule has 0 aromatic rings. The van der Waals surface area contributed by atoms with Crippen LogP contribution in [-0.2, 0) is 9.53 Å². The van der Waals surface area contributed by atoms with Gasteiger partial charge in [0.25, 0.3) is 0 Å². The van der Waals surface area contributed by atoms with Crippen molar-refractivity contribution in [1.29, 1.82) is 0 Å². The van der Waals surface area contributed by atoms with Gasteiger partial charge in [0.05, 0.1) is 5.70 Å². The zero-order valence-electron chi connectivity index (χ0n) is 11.8. The lowest BCUT2D eigenvalue weighted by molar-refractivity contribution is -0.119. The largest absolute Gasteiger partial charge is 0.381 e. The van der Waals surface area contributed by atoms with Gasteiger partial charge >= 0.3 is 0 Å². The Morgan fingerprint density at radius 3 is 2.65 bits per heavy atom. The van der Waals surface area contributed by atoms with E-state index in [1.54, 1.807) is 0 Å². The summed E-state index contributed by atoms with van der Waals surface area (Å²) in [5.74, 6) is 0.452. The molecular weight excluding hydrogens is 256 g/mol. The molecule has 2 aliphatic heterocycles. The number of ether oxygens (including phenoxy) is 1. The summed E-state index contributed by atoms with van der Waals surface area (Å²) >= 11 is 0. The lowest BCUT2D eigenvalue weighted by Crippen LogP contribution is -2.48. The number of aliphatic hydroxyl groups excluding tert-OH is 1. The first-order chi connectivity index (χ1) is 9.65. The van der Waals surface area contributed by atoms with Crippen molar-refractivity contribution in [3.63, 3.8) is 0 Å². The molecule has 1 saturated heterocycles. The minimum absolute atomic E-state index is 0.140. The molecule has 20 heavy (non-hydrogen) atoms. The summed E-state index contributed by atoms with van der Waals surface area (Å²) in [5.41, 5.74) is 1.83. The van der Waals surface area contributed by atoms with Crippen LogP contribution in [0.15, 0.2) is 23.5 Å². The van der Waals surface area contributed by atoms with Gasteiger partial charge < -0.3 is 20.1 Å². The molecule has 2 heterocycles. The van der Waals surface area contributed by atoms with Crippen LogP contribution >= 0.6 is 0 Å². The third-order valence-electron chi connectivity index (χ3n) is 4.16. The number of nitrogens with one attached hydrogen (secondary N) is 1. The number of allylic oxidation sites excluding steroid dienone is 2. The summed E-state index contributed by atoms with van der Waals surface area (Å²) in [5, 5.41) is 13.3. The summed E-state index contributed by atoms with van der Waals surface area (Å²) in [6.07, 6.45) is 7.51. The van der Waals surface area contributed by atoms with Crippen LogP contribution in [0.5, 0.6) is 0 Å². The van der Waals surface area contributed by atoms with Gasteiger partial charge in [-0.2, -0.15) is 0 Å². The smallest absolute Gasteiger partial charge is 0.221 e. The van der Waals surface area contributed by atoms with E-state index in [-0.39, 0.29) is 11.9 Å². The fourth-order valence-electron chi connectivity index (χ4n) is 2.93. The van der Waals surface area contributed by atoms with Crippen LogP contribution in [0.3, 0.4) is 0 Å². The molecule has 2 fully saturated rings. The predicted octanol–water partition coefficient (Wildman–Crippen LogP) is 1.11. The number of hydrogen-bond donors (Lipinski definition) is 2. The van der Waals surface area contributed by atoms with Crippen molar-refractivity contribution < 1.29 is 14.6 Å². The Labute approximate surface area is 119 Å². The van der Waals surface area contributed by atoms with Crippen molar-refractivity contribution in [3.8, 4) is 0 Å². The molecule has 0 aromatic heterocycles. The summed E-state index contributed by atoms with van der Waals surface area (Å²) in [6.45, 7) is 2.95. The fourth-order valence-corrected chi connectivity index (χ4v) is 2.93. The molecule has 2 N–H and O–H groups in total. The van der Waals surface area contributed by atoms with Crippen molar-refractivity contribution >= 4 is 5.91 Å². The number of carbonyl (C=O) groups is 1. The number of nitrogens with zero attached hydrogens (tertiary/aromatic N) is 1. The topological polar surface area (TPSA) is 61.8 Å². The van der Waals surface area contributed by atoms with Gasteiger partial charge in [0, 0.05) is 32.4 Å². The Morgan fingerprint density at radius 2 is 2.05 bits per heavy atom. The second-order valence-corrected chi connectivity index (χ2v) is 5.85. The fraction of sp³-hybridized carbons (Fsp3) is 0.667. The van der Waals surface area contributed by atoms with Crippen LogP contribution < -0.4 is 5.32 Å². The molecular formula is C15H22N2O3. The first kappa shape index (κ1) is 13.6. The zero-order chi connectivity index (χ0) is 14.1. The van der Waals surface area contributed by atoms with Crippen molar-refractivity contribution in [2.24, 2.45) is 5.92 Å². The number of aliphatic hydroxyl groups is 1. The van der Waals surface area contributed by atoms with E-state index in [0.29, 0.717) is 11.6 Å². The zero-order valence-corrected chi connectivity index (χ0v) is 11.8. The Morgan fingerprint density at radius 1 is 1.35 bits per heavy atom. The van der Waals surface area contributed by atoms with Gasteiger partial charge in [-0.05, 0) is 43.3 Å². The minimum Gasteiger partial charge on any atom is -0.381 e. The van der Waals surface area contributed by atoms with Crippen LogP contribution in [0.2, 0.25) is 0 Å². The van der Waals surface area contributed by atoms with Crippen LogP contribution in [0.4, 0.5) is 0 Å². The van der Waals surface area contributed by atoms with E-state index in [0.717, 1.165) is 26.1 Å². The SMILES string of the molecule is CC(=O)NC1=CC(C2CC2)=CN(C2CCOCC2)C1O. The molecule has 3 rings (SSSR count). The van der Waals surface area contributed by atoms with Gasteiger partial charge in [0.2, 0.25) is 5.91 Å². The molecule has 5 nitrogen and oxygen atoms in total. The number of amides is 1. The lowest BCUT2D eigenvalue weighted by Gasteiger charge is -2.40. The molecule has 1 aliphatic carbocycles. The van der Waals surface area contributed by atoms with Crippen LogP contribution in [0.25, 0.3) is 0 Å². The van der Waals surface area contributed by atoms with Crippen molar-refractivity contribution in [2.75, 3.05) is 13.2 Å². The van der Waals surface area contributed by atoms with E-state index in [1.165, 1.54) is 25.3 Å². The van der Waals surface area contributed by atoms with Gasteiger partial charge in [0.1, 0.15) is 0 Å². The molecule has 110 valence electrons. The third kappa shape index (κ3) is 2.88. The molecule has 1 saturated carbocycles. The number of hydrogen-bond acceptors (Lipinski definition) is 4. The first-order valence-corrected chi connectivity index (χ1v) is 7.39. The maximum absolute atomic E-state index is 11.3. The Balaban J connectivity index is 1.81. The lowest BCUT2D eigenvalue weighted by atomic mass is 10.0. The van der Waals surface area contributed by atoms with E-state index < -0.39 is 6.23 Å². The minimum atomic E-state index is -0.760. The Hall–Kier alpha value is -1.33. The highest BCUT2D eigenvalue weighted by Crippen LogP contribution is 2.40. The van der Waals surface area contributed by atoms with E-state index in [4.69, 9.17) is 4.74 Å². The second kappa shape index (κ2) is 5.58. The van der Waals surface area contributed by atoms with E-state index in [1.807, 2.05) is 11.0 Å². The van der Waals surface area contributed by atoms with Crippen molar-refractivity contribution in [1.82, 2.24) is 10.2 Å². The van der Waals surface area contributed by atoms with Gasteiger partial charge in [-0.15, -0.1) is 0 Å². The molecule has 0 aromatic carbocycles. The van der Waals surface area contributed by atoms with Crippen LogP contribution in [0, 0.1) is 5.92 Å². The van der Waals surface area contributed by atoms with Gasteiger partial charge in [-0.25, -0.2) is 0 Å².